The van der Waals surface area contributed by atoms with Gasteiger partial charge in [-0.2, -0.15) is 0 Å². The third-order valence-electron chi connectivity index (χ3n) is 5.12. The molecule has 21 heavy (non-hydrogen) atoms. The van der Waals surface area contributed by atoms with Gasteiger partial charge < -0.3 is 14.9 Å². The molecule has 0 spiro atoms. The largest absolute Gasteiger partial charge is 0.394 e. The van der Waals surface area contributed by atoms with Gasteiger partial charge in [-0.05, 0) is 38.5 Å². The Kier molecular flexibility index (Phi) is 4.48. The quantitative estimate of drug-likeness (QED) is 0.849. The lowest BCUT2D eigenvalue weighted by Crippen LogP contribution is -2.52. The van der Waals surface area contributed by atoms with E-state index in [0.717, 1.165) is 64.5 Å². The first kappa shape index (κ1) is 14.8. The van der Waals surface area contributed by atoms with E-state index in [9.17, 15) is 14.7 Å². The molecule has 1 saturated carbocycles. The summed E-state index contributed by atoms with van der Waals surface area (Å²) in [4.78, 5) is 28.9. The van der Waals surface area contributed by atoms with Gasteiger partial charge in [0.1, 0.15) is 6.04 Å². The summed E-state index contributed by atoms with van der Waals surface area (Å²) in [6, 6.07) is -0.330. The van der Waals surface area contributed by atoms with Gasteiger partial charge in [-0.25, -0.2) is 0 Å². The molecule has 118 valence electrons. The van der Waals surface area contributed by atoms with E-state index in [1.54, 1.807) is 0 Å². The summed E-state index contributed by atoms with van der Waals surface area (Å²) in [6.45, 7) is 1.49. The van der Waals surface area contributed by atoms with Gasteiger partial charge in [-0.3, -0.25) is 9.59 Å². The van der Waals surface area contributed by atoms with Crippen molar-refractivity contribution in [2.75, 3.05) is 19.7 Å². The predicted octanol–water partition coefficient (Wildman–Crippen LogP) is 1.15. The summed E-state index contributed by atoms with van der Waals surface area (Å²) in [5, 5.41) is 9.58. The van der Waals surface area contributed by atoms with Crippen LogP contribution in [-0.2, 0) is 9.59 Å². The van der Waals surface area contributed by atoms with Gasteiger partial charge in [-0.15, -0.1) is 0 Å². The zero-order valence-electron chi connectivity index (χ0n) is 12.7. The van der Waals surface area contributed by atoms with Gasteiger partial charge in [0.2, 0.25) is 11.8 Å². The number of aliphatic hydroxyl groups is 1. The molecule has 2 saturated heterocycles. The third kappa shape index (κ3) is 3.07. The molecule has 1 N–H and O–H groups in total. The van der Waals surface area contributed by atoms with Crippen LogP contribution < -0.4 is 0 Å². The van der Waals surface area contributed by atoms with Gasteiger partial charge in [0, 0.05) is 19.0 Å². The lowest BCUT2D eigenvalue weighted by atomic mass is 10.1. The summed E-state index contributed by atoms with van der Waals surface area (Å²) < 4.78 is 0. The molecular weight excluding hydrogens is 268 g/mol. The molecule has 2 heterocycles. The van der Waals surface area contributed by atoms with E-state index in [0.29, 0.717) is 0 Å². The van der Waals surface area contributed by atoms with Gasteiger partial charge in [0.05, 0.1) is 12.6 Å². The molecule has 3 aliphatic rings. The summed E-state index contributed by atoms with van der Waals surface area (Å²) in [7, 11) is 0. The molecule has 2 aliphatic heterocycles. The number of nitrogens with zero attached hydrogens (tertiary/aromatic N) is 2. The molecule has 0 aromatic heterocycles. The van der Waals surface area contributed by atoms with Crippen LogP contribution in [0.15, 0.2) is 0 Å². The van der Waals surface area contributed by atoms with E-state index in [-0.39, 0.29) is 36.4 Å². The van der Waals surface area contributed by atoms with Crippen LogP contribution in [0.25, 0.3) is 0 Å². The van der Waals surface area contributed by atoms with Crippen LogP contribution in [0.5, 0.6) is 0 Å². The van der Waals surface area contributed by atoms with Crippen molar-refractivity contribution in [3.8, 4) is 0 Å². The van der Waals surface area contributed by atoms with Crippen LogP contribution in [0.4, 0.5) is 0 Å². The molecule has 0 aromatic rings. The van der Waals surface area contributed by atoms with Crippen molar-refractivity contribution in [1.29, 1.82) is 0 Å². The summed E-state index contributed by atoms with van der Waals surface area (Å²) in [5.74, 6) is 0.430. The van der Waals surface area contributed by atoms with Crippen LogP contribution in [-0.4, -0.2) is 58.5 Å². The van der Waals surface area contributed by atoms with E-state index >= 15 is 0 Å². The second-order valence-electron chi connectivity index (χ2n) is 6.68. The van der Waals surface area contributed by atoms with Crippen molar-refractivity contribution in [2.24, 2.45) is 5.92 Å². The first-order chi connectivity index (χ1) is 10.2. The van der Waals surface area contributed by atoms with Crippen molar-refractivity contribution >= 4 is 11.8 Å². The lowest BCUT2D eigenvalue weighted by molar-refractivity contribution is -0.146. The number of amides is 2. The molecule has 2 atom stereocenters. The third-order valence-corrected chi connectivity index (χ3v) is 5.12. The van der Waals surface area contributed by atoms with Crippen LogP contribution in [0.1, 0.15) is 51.4 Å². The fraction of sp³-hybridized carbons (Fsp3) is 0.875. The number of hydrogen-bond acceptors (Lipinski definition) is 3. The minimum absolute atomic E-state index is 0.0367. The molecule has 2 unspecified atom stereocenters. The summed E-state index contributed by atoms with van der Waals surface area (Å²) >= 11 is 0. The van der Waals surface area contributed by atoms with E-state index in [2.05, 4.69) is 0 Å². The zero-order chi connectivity index (χ0) is 14.8. The van der Waals surface area contributed by atoms with Crippen molar-refractivity contribution in [3.05, 3.63) is 0 Å². The normalized spacial score (nSPS) is 30.3. The molecular formula is C16H26N2O3. The molecule has 0 radical (unpaired) electrons. The lowest BCUT2D eigenvalue weighted by Gasteiger charge is -2.34. The van der Waals surface area contributed by atoms with Crippen LogP contribution >= 0.6 is 0 Å². The highest BCUT2D eigenvalue weighted by atomic mass is 16.3. The molecule has 3 fully saturated rings. The molecule has 0 aromatic carbocycles. The van der Waals surface area contributed by atoms with Crippen molar-refractivity contribution < 1.29 is 14.7 Å². The maximum absolute atomic E-state index is 12.9. The number of aliphatic hydroxyl groups excluding tert-OH is 1. The highest BCUT2D eigenvalue weighted by molar-refractivity contribution is 5.90. The molecule has 5 nitrogen and oxygen atoms in total. The van der Waals surface area contributed by atoms with Crippen molar-refractivity contribution in [1.82, 2.24) is 9.80 Å². The number of rotatable bonds is 3. The fourth-order valence-electron chi connectivity index (χ4n) is 3.70. The Balaban J connectivity index is 1.71. The van der Waals surface area contributed by atoms with Crippen LogP contribution in [0.3, 0.4) is 0 Å². The predicted molar refractivity (Wildman–Crippen MR) is 78.5 cm³/mol. The highest BCUT2D eigenvalue weighted by Crippen LogP contribution is 2.34. The fourth-order valence-corrected chi connectivity index (χ4v) is 3.70. The van der Waals surface area contributed by atoms with E-state index in [4.69, 9.17) is 0 Å². The van der Waals surface area contributed by atoms with Crippen molar-refractivity contribution in [3.63, 3.8) is 0 Å². The Morgan fingerprint density at radius 2 is 1.62 bits per heavy atom. The Morgan fingerprint density at radius 3 is 2.33 bits per heavy atom. The minimum atomic E-state index is -0.273. The minimum Gasteiger partial charge on any atom is -0.394 e. The summed E-state index contributed by atoms with van der Waals surface area (Å²) in [5.41, 5.74) is 0. The topological polar surface area (TPSA) is 60.9 Å². The van der Waals surface area contributed by atoms with Gasteiger partial charge in [0.15, 0.2) is 0 Å². The number of carbonyl (C=O) groups excluding carboxylic acids is 2. The number of hydrogen-bond donors (Lipinski definition) is 1. The zero-order valence-corrected chi connectivity index (χ0v) is 12.7. The molecule has 2 amide bonds. The Bertz CT molecular complexity index is 408. The number of likely N-dealkylation sites (tertiary alicyclic amines) is 2. The summed E-state index contributed by atoms with van der Waals surface area (Å²) in [6.07, 6.45) is 7.76. The first-order valence-electron chi connectivity index (χ1n) is 8.44. The maximum Gasteiger partial charge on any atom is 0.245 e. The monoisotopic (exact) mass is 294 g/mol. The Labute approximate surface area is 126 Å². The smallest absolute Gasteiger partial charge is 0.245 e. The number of carbonyl (C=O) groups is 2. The Morgan fingerprint density at radius 1 is 0.857 bits per heavy atom. The first-order valence-corrected chi connectivity index (χ1v) is 8.44. The maximum atomic E-state index is 12.9. The second-order valence-corrected chi connectivity index (χ2v) is 6.68. The highest BCUT2D eigenvalue weighted by Gasteiger charge is 2.42. The SMILES string of the molecule is O=C(C1CCCN1C(=O)C1CC1)N1CCCCCC1CO. The standard InChI is InChI=1S/C16H26N2O3/c19-11-13-5-2-1-3-9-17(13)16(21)14-6-4-10-18(14)15(20)12-7-8-12/h12-14,19H,1-11H2. The van der Waals surface area contributed by atoms with E-state index in [1.807, 2.05) is 9.80 Å². The van der Waals surface area contributed by atoms with Gasteiger partial charge in [0.25, 0.3) is 0 Å². The van der Waals surface area contributed by atoms with Crippen molar-refractivity contribution in [2.45, 2.75) is 63.5 Å². The molecule has 1 aliphatic carbocycles. The average molecular weight is 294 g/mol. The molecule has 5 heteroatoms. The average Bonchev–Trinajstić information content (AvgIpc) is 3.27. The van der Waals surface area contributed by atoms with Gasteiger partial charge >= 0.3 is 0 Å². The van der Waals surface area contributed by atoms with Crippen LogP contribution in [0, 0.1) is 5.92 Å². The van der Waals surface area contributed by atoms with E-state index in [1.165, 1.54) is 0 Å². The Hall–Kier alpha value is -1.10. The second kappa shape index (κ2) is 6.34. The molecule has 3 rings (SSSR count). The van der Waals surface area contributed by atoms with E-state index < -0.39 is 0 Å². The molecule has 0 bridgehead atoms. The van der Waals surface area contributed by atoms with Gasteiger partial charge in [-0.1, -0.05) is 12.8 Å². The van der Waals surface area contributed by atoms with Crippen LogP contribution in [0.2, 0.25) is 0 Å².